The Bertz CT molecular complexity index is 878. The van der Waals surface area contributed by atoms with Crippen LogP contribution in [0.1, 0.15) is 6.42 Å². The summed E-state index contributed by atoms with van der Waals surface area (Å²) in [6.45, 7) is 1.33. The molecule has 1 aliphatic rings. The van der Waals surface area contributed by atoms with E-state index in [0.29, 0.717) is 13.0 Å². The monoisotopic (exact) mass is 325 g/mol. The Labute approximate surface area is 138 Å². The van der Waals surface area contributed by atoms with Crippen molar-refractivity contribution in [3.63, 3.8) is 0 Å². The van der Waals surface area contributed by atoms with E-state index in [0.717, 1.165) is 34.5 Å². The van der Waals surface area contributed by atoms with E-state index in [-0.39, 0.29) is 12.0 Å². The Morgan fingerprint density at radius 3 is 2.88 bits per heavy atom. The third-order valence-corrected chi connectivity index (χ3v) is 4.46. The van der Waals surface area contributed by atoms with Crippen LogP contribution in [-0.4, -0.2) is 50.3 Å². The van der Waals surface area contributed by atoms with Gasteiger partial charge in [-0.05, 0) is 18.6 Å². The fourth-order valence-electron chi connectivity index (χ4n) is 3.22. The van der Waals surface area contributed by atoms with Crippen LogP contribution in [0.5, 0.6) is 0 Å². The van der Waals surface area contributed by atoms with Crippen LogP contribution in [0.3, 0.4) is 0 Å². The minimum atomic E-state index is -0.453. The van der Waals surface area contributed by atoms with Gasteiger partial charge in [-0.1, -0.05) is 0 Å². The number of nitrogens with two attached hydrogens (primary N) is 2. The Kier molecular flexibility index (Phi) is 3.55. The number of H-pyrrole nitrogens is 1. The van der Waals surface area contributed by atoms with Crippen molar-refractivity contribution in [3.8, 4) is 11.3 Å². The zero-order valence-corrected chi connectivity index (χ0v) is 13.1. The first-order valence-corrected chi connectivity index (χ1v) is 7.87. The van der Waals surface area contributed by atoms with Crippen molar-refractivity contribution in [1.82, 2.24) is 19.9 Å². The van der Waals surface area contributed by atoms with Crippen LogP contribution < -0.4 is 16.4 Å². The zero-order chi connectivity index (χ0) is 16.7. The van der Waals surface area contributed by atoms with Gasteiger partial charge in [-0.25, -0.2) is 15.0 Å². The van der Waals surface area contributed by atoms with Crippen molar-refractivity contribution in [2.75, 3.05) is 23.7 Å². The molecule has 2 atom stereocenters. The van der Waals surface area contributed by atoms with E-state index < -0.39 is 6.10 Å². The minimum Gasteiger partial charge on any atom is -0.391 e. The lowest BCUT2D eigenvalue weighted by Gasteiger charge is -2.36. The third-order valence-electron chi connectivity index (χ3n) is 4.46. The second-order valence-corrected chi connectivity index (χ2v) is 6.02. The average Bonchev–Trinajstić information content (AvgIpc) is 3.01. The molecule has 4 rings (SSSR count). The van der Waals surface area contributed by atoms with E-state index >= 15 is 0 Å². The average molecular weight is 325 g/mol. The third kappa shape index (κ3) is 2.45. The molecule has 0 saturated carbocycles. The summed E-state index contributed by atoms with van der Waals surface area (Å²) in [7, 11) is 0. The predicted molar refractivity (Wildman–Crippen MR) is 92.3 cm³/mol. The van der Waals surface area contributed by atoms with E-state index in [1.807, 2.05) is 18.3 Å². The van der Waals surface area contributed by atoms with Gasteiger partial charge in [-0.3, -0.25) is 0 Å². The van der Waals surface area contributed by atoms with Crippen LogP contribution in [-0.2, 0) is 0 Å². The summed E-state index contributed by atoms with van der Waals surface area (Å²) in [5.41, 5.74) is 15.2. The number of aliphatic hydroxyl groups excluding tert-OH is 1. The van der Waals surface area contributed by atoms with Crippen molar-refractivity contribution in [3.05, 3.63) is 30.7 Å². The molecule has 6 N–H and O–H groups in total. The summed E-state index contributed by atoms with van der Waals surface area (Å²) in [6, 6.07) is 3.52. The van der Waals surface area contributed by atoms with Crippen molar-refractivity contribution in [1.29, 1.82) is 0 Å². The maximum Gasteiger partial charge on any atom is 0.220 e. The van der Waals surface area contributed by atoms with Gasteiger partial charge in [0.05, 0.1) is 22.9 Å². The first-order valence-electron chi connectivity index (χ1n) is 7.87. The van der Waals surface area contributed by atoms with Crippen LogP contribution in [0.4, 0.5) is 11.6 Å². The van der Waals surface area contributed by atoms with Gasteiger partial charge in [-0.2, -0.15) is 0 Å². The van der Waals surface area contributed by atoms with Crippen molar-refractivity contribution < 1.29 is 5.11 Å². The maximum absolute atomic E-state index is 9.88. The highest BCUT2D eigenvalue weighted by Crippen LogP contribution is 2.35. The molecule has 24 heavy (non-hydrogen) atoms. The summed E-state index contributed by atoms with van der Waals surface area (Å²) >= 11 is 0. The summed E-state index contributed by atoms with van der Waals surface area (Å²) in [5, 5.41) is 10.8. The molecule has 124 valence electrons. The Morgan fingerprint density at radius 2 is 2.08 bits per heavy atom. The predicted octanol–water partition coefficient (Wildman–Crippen LogP) is 0.500. The highest BCUT2D eigenvalue weighted by molar-refractivity contribution is 6.02. The highest BCUT2D eigenvalue weighted by atomic mass is 16.3. The number of rotatable bonds is 2. The van der Waals surface area contributed by atoms with Crippen LogP contribution in [0, 0.1) is 0 Å². The Morgan fingerprint density at radius 1 is 1.25 bits per heavy atom. The van der Waals surface area contributed by atoms with Gasteiger partial charge in [0, 0.05) is 43.3 Å². The molecule has 1 fully saturated rings. The number of pyridine rings is 1. The number of nitrogen functional groups attached to an aromatic ring is 1. The molecular formula is C16H19N7O. The maximum atomic E-state index is 9.88. The molecule has 0 aromatic carbocycles. The highest BCUT2D eigenvalue weighted by Gasteiger charge is 2.26. The van der Waals surface area contributed by atoms with Gasteiger partial charge in [-0.15, -0.1) is 0 Å². The lowest BCUT2D eigenvalue weighted by Crippen LogP contribution is -2.51. The molecule has 0 radical (unpaired) electrons. The molecule has 3 aromatic heterocycles. The molecule has 0 spiro atoms. The van der Waals surface area contributed by atoms with Crippen LogP contribution in [0.2, 0.25) is 0 Å². The molecule has 0 amide bonds. The van der Waals surface area contributed by atoms with Gasteiger partial charge in [0.2, 0.25) is 5.95 Å². The molecule has 4 heterocycles. The quantitative estimate of drug-likeness (QED) is 0.540. The fourth-order valence-corrected chi connectivity index (χ4v) is 3.22. The Hall–Kier alpha value is -2.71. The topological polar surface area (TPSA) is 130 Å². The second kappa shape index (κ2) is 5.73. The van der Waals surface area contributed by atoms with Crippen molar-refractivity contribution >= 4 is 22.7 Å². The summed E-state index contributed by atoms with van der Waals surface area (Å²) in [5.74, 6) is 0.232. The van der Waals surface area contributed by atoms with Gasteiger partial charge in [0.25, 0.3) is 0 Å². The molecule has 1 aliphatic heterocycles. The smallest absolute Gasteiger partial charge is 0.220 e. The van der Waals surface area contributed by atoms with Crippen LogP contribution >= 0.6 is 0 Å². The number of hydrogen-bond acceptors (Lipinski definition) is 7. The SMILES string of the molecule is Nc1nccc(-c2c[nH]c3nccc(N4CC[C@H](O)[C@@H](N)C4)c23)n1. The number of piperidine rings is 1. The second-order valence-electron chi connectivity index (χ2n) is 6.02. The lowest BCUT2D eigenvalue weighted by atomic mass is 10.0. The number of anilines is 2. The van der Waals surface area contributed by atoms with E-state index in [4.69, 9.17) is 11.5 Å². The molecule has 0 unspecified atom stereocenters. The Balaban J connectivity index is 1.83. The van der Waals surface area contributed by atoms with Gasteiger partial charge < -0.3 is 26.5 Å². The first-order chi connectivity index (χ1) is 11.6. The van der Waals surface area contributed by atoms with Crippen LogP contribution in [0.15, 0.2) is 30.7 Å². The molecule has 1 saturated heterocycles. The summed E-state index contributed by atoms with van der Waals surface area (Å²) < 4.78 is 0. The van der Waals surface area contributed by atoms with Crippen molar-refractivity contribution in [2.45, 2.75) is 18.6 Å². The molecular weight excluding hydrogens is 306 g/mol. The number of nitrogens with zero attached hydrogens (tertiary/aromatic N) is 4. The van der Waals surface area contributed by atoms with E-state index in [9.17, 15) is 5.11 Å². The minimum absolute atomic E-state index is 0.232. The molecule has 0 aliphatic carbocycles. The summed E-state index contributed by atoms with van der Waals surface area (Å²) in [4.78, 5) is 18.0. The van der Waals surface area contributed by atoms with Crippen LogP contribution in [0.25, 0.3) is 22.3 Å². The number of aliphatic hydroxyl groups is 1. The van der Waals surface area contributed by atoms with Gasteiger partial charge in [0.15, 0.2) is 0 Å². The van der Waals surface area contributed by atoms with E-state index in [2.05, 4.69) is 24.8 Å². The number of aromatic amines is 1. The van der Waals surface area contributed by atoms with Crippen molar-refractivity contribution in [2.24, 2.45) is 5.73 Å². The normalized spacial score (nSPS) is 21.3. The zero-order valence-electron chi connectivity index (χ0n) is 13.1. The van der Waals surface area contributed by atoms with Gasteiger partial charge in [0.1, 0.15) is 5.65 Å². The number of nitrogens with one attached hydrogen (secondary N) is 1. The number of aromatic nitrogens is 4. The molecule has 3 aromatic rings. The summed E-state index contributed by atoms with van der Waals surface area (Å²) in [6.07, 6.45) is 5.47. The lowest BCUT2D eigenvalue weighted by molar-refractivity contribution is 0.125. The number of hydrogen-bond donors (Lipinski definition) is 4. The first kappa shape index (κ1) is 14.9. The van der Waals surface area contributed by atoms with E-state index in [1.54, 1.807) is 12.4 Å². The number of fused-ring (bicyclic) bond motifs is 1. The molecule has 0 bridgehead atoms. The molecule has 8 heteroatoms. The fraction of sp³-hybridized carbons (Fsp3) is 0.312. The van der Waals surface area contributed by atoms with E-state index in [1.165, 1.54) is 0 Å². The molecule has 8 nitrogen and oxygen atoms in total. The largest absolute Gasteiger partial charge is 0.391 e. The van der Waals surface area contributed by atoms with Gasteiger partial charge >= 0.3 is 0 Å². The standard InChI is InChI=1S/C16H19N7O/c17-10-8-23(6-3-13(10)24)12-2-5-19-15-14(12)9(7-21-15)11-1-4-20-16(18)22-11/h1-2,4-5,7,10,13,24H,3,6,8,17H2,(H,19,21)(H2,18,20,22)/t10-,13-/m0/s1.